The summed E-state index contributed by atoms with van der Waals surface area (Å²) in [6, 6.07) is 6.87. The number of rotatable bonds is 2. The van der Waals surface area contributed by atoms with Gasteiger partial charge >= 0.3 is 0 Å². The number of fused-ring (bicyclic) bond motifs is 1. The molecule has 6 nitrogen and oxygen atoms in total. The van der Waals surface area contributed by atoms with Crippen molar-refractivity contribution in [2.75, 3.05) is 12.3 Å². The molecular formula is C19H20ClN5O. The van der Waals surface area contributed by atoms with Gasteiger partial charge in [0, 0.05) is 35.7 Å². The van der Waals surface area contributed by atoms with Gasteiger partial charge in [-0.1, -0.05) is 11.6 Å². The van der Waals surface area contributed by atoms with Crippen LogP contribution >= 0.6 is 11.6 Å². The molecule has 0 spiro atoms. The molecule has 1 atom stereocenters. The van der Waals surface area contributed by atoms with E-state index in [2.05, 4.69) is 10.1 Å². The maximum Gasteiger partial charge on any atom is 0.256 e. The maximum absolute atomic E-state index is 13.2. The summed E-state index contributed by atoms with van der Waals surface area (Å²) >= 11 is 6.07. The number of carbonyl (C=O) groups is 1. The zero-order chi connectivity index (χ0) is 18.3. The molecule has 26 heavy (non-hydrogen) atoms. The lowest BCUT2D eigenvalue weighted by molar-refractivity contribution is 0.0607. The van der Waals surface area contributed by atoms with E-state index in [0.717, 1.165) is 36.2 Å². The monoisotopic (exact) mass is 369 g/mol. The van der Waals surface area contributed by atoms with Gasteiger partial charge in [0.25, 0.3) is 5.91 Å². The van der Waals surface area contributed by atoms with Crippen molar-refractivity contribution in [1.82, 2.24) is 19.5 Å². The third kappa shape index (κ3) is 3.01. The van der Waals surface area contributed by atoms with Crippen molar-refractivity contribution in [2.24, 2.45) is 0 Å². The Bertz CT molecular complexity index is 983. The fraction of sp³-hybridized carbons (Fsp3) is 0.316. The lowest BCUT2D eigenvalue weighted by atomic mass is 9.98. The van der Waals surface area contributed by atoms with Gasteiger partial charge in [-0.25, -0.2) is 9.50 Å². The Labute approximate surface area is 156 Å². The first-order chi connectivity index (χ1) is 12.5. The van der Waals surface area contributed by atoms with Crippen LogP contribution in [0.1, 0.15) is 46.9 Å². The molecule has 0 radical (unpaired) electrons. The normalized spacial score (nSPS) is 17.6. The van der Waals surface area contributed by atoms with Crippen molar-refractivity contribution in [2.45, 2.75) is 32.2 Å². The first-order valence-electron chi connectivity index (χ1n) is 8.71. The molecule has 2 N–H and O–H groups in total. The smallest absolute Gasteiger partial charge is 0.256 e. The molecule has 1 aliphatic heterocycles. The van der Waals surface area contributed by atoms with Gasteiger partial charge in [0.05, 0.1) is 17.3 Å². The van der Waals surface area contributed by atoms with Crippen molar-refractivity contribution in [3.63, 3.8) is 0 Å². The molecule has 1 unspecified atom stereocenters. The maximum atomic E-state index is 13.2. The SMILES string of the molecule is Cc1cnc2cc(C3CCCCN3C(=O)c3cc(Cl)ccc3N)nn2c1. The Kier molecular flexibility index (Phi) is 4.28. The molecule has 4 rings (SSSR count). The zero-order valence-electron chi connectivity index (χ0n) is 14.5. The third-order valence-electron chi connectivity index (χ3n) is 4.81. The van der Waals surface area contributed by atoms with Gasteiger partial charge in [-0.15, -0.1) is 0 Å². The average molecular weight is 370 g/mol. The number of likely N-dealkylation sites (tertiary alicyclic amines) is 1. The number of aryl methyl sites for hydroxylation is 1. The number of aromatic nitrogens is 3. The summed E-state index contributed by atoms with van der Waals surface area (Å²) in [4.78, 5) is 19.4. The predicted octanol–water partition coefficient (Wildman–Crippen LogP) is 3.64. The minimum Gasteiger partial charge on any atom is -0.398 e. The fourth-order valence-corrected chi connectivity index (χ4v) is 3.67. The minimum atomic E-state index is -0.101. The highest BCUT2D eigenvalue weighted by Crippen LogP contribution is 2.33. The molecule has 0 bridgehead atoms. The highest BCUT2D eigenvalue weighted by Gasteiger charge is 2.31. The second kappa shape index (κ2) is 6.61. The van der Waals surface area contributed by atoms with Crippen molar-refractivity contribution >= 4 is 28.8 Å². The van der Waals surface area contributed by atoms with E-state index < -0.39 is 0 Å². The number of hydrogen-bond acceptors (Lipinski definition) is 4. The van der Waals surface area contributed by atoms with E-state index in [0.29, 0.717) is 22.8 Å². The van der Waals surface area contributed by atoms with E-state index >= 15 is 0 Å². The molecule has 1 aliphatic rings. The number of nitrogens with zero attached hydrogens (tertiary/aromatic N) is 4. The standard InChI is InChI=1S/C19H20ClN5O/c1-12-10-22-18-9-16(23-25(18)11-12)17-4-2-3-7-24(17)19(26)14-8-13(20)5-6-15(14)21/h5-6,8-11,17H,2-4,7,21H2,1H3. The predicted molar refractivity (Wildman–Crippen MR) is 101 cm³/mol. The Morgan fingerprint density at radius 2 is 2.15 bits per heavy atom. The molecule has 3 aromatic rings. The minimum absolute atomic E-state index is 0.0864. The highest BCUT2D eigenvalue weighted by molar-refractivity contribution is 6.31. The van der Waals surface area contributed by atoms with Crippen LogP contribution in [0.15, 0.2) is 36.7 Å². The number of amides is 1. The van der Waals surface area contributed by atoms with Crippen LogP contribution in [0.4, 0.5) is 5.69 Å². The molecule has 1 fully saturated rings. The van der Waals surface area contributed by atoms with E-state index in [-0.39, 0.29) is 11.9 Å². The Balaban J connectivity index is 1.71. The highest BCUT2D eigenvalue weighted by atomic mass is 35.5. The van der Waals surface area contributed by atoms with Crippen LogP contribution in [-0.4, -0.2) is 31.9 Å². The summed E-state index contributed by atoms with van der Waals surface area (Å²) in [5.41, 5.74) is 9.59. The van der Waals surface area contributed by atoms with Crippen molar-refractivity contribution in [1.29, 1.82) is 0 Å². The lowest BCUT2D eigenvalue weighted by Crippen LogP contribution is -2.39. The molecule has 134 valence electrons. The second-order valence-electron chi connectivity index (χ2n) is 6.74. The molecule has 7 heteroatoms. The summed E-state index contributed by atoms with van der Waals surface area (Å²) in [6.07, 6.45) is 6.65. The summed E-state index contributed by atoms with van der Waals surface area (Å²) in [7, 11) is 0. The van der Waals surface area contributed by atoms with E-state index in [1.807, 2.05) is 30.3 Å². The molecular weight excluding hydrogens is 350 g/mol. The molecule has 1 amide bonds. The number of piperidine rings is 1. The molecule has 2 aromatic heterocycles. The van der Waals surface area contributed by atoms with Crippen molar-refractivity contribution in [3.05, 3.63) is 58.5 Å². The van der Waals surface area contributed by atoms with Crippen LogP contribution < -0.4 is 5.73 Å². The van der Waals surface area contributed by atoms with Crippen LogP contribution in [-0.2, 0) is 0 Å². The van der Waals surface area contributed by atoms with Gasteiger partial charge < -0.3 is 10.6 Å². The molecule has 1 aromatic carbocycles. The summed E-state index contributed by atoms with van der Waals surface area (Å²) < 4.78 is 1.77. The summed E-state index contributed by atoms with van der Waals surface area (Å²) in [5, 5.41) is 5.17. The average Bonchev–Trinajstić information content (AvgIpc) is 3.06. The lowest BCUT2D eigenvalue weighted by Gasteiger charge is -2.35. The third-order valence-corrected chi connectivity index (χ3v) is 5.05. The first kappa shape index (κ1) is 16.8. The Morgan fingerprint density at radius 1 is 1.31 bits per heavy atom. The summed E-state index contributed by atoms with van der Waals surface area (Å²) in [5.74, 6) is -0.101. The van der Waals surface area contributed by atoms with Gasteiger partial charge in [-0.05, 0) is 49.9 Å². The van der Waals surface area contributed by atoms with Crippen LogP contribution in [0, 0.1) is 6.92 Å². The van der Waals surface area contributed by atoms with Crippen LogP contribution in [0.2, 0.25) is 5.02 Å². The van der Waals surface area contributed by atoms with Crippen LogP contribution in [0.5, 0.6) is 0 Å². The van der Waals surface area contributed by atoms with E-state index in [1.54, 1.807) is 22.7 Å². The molecule has 0 saturated carbocycles. The van der Waals surface area contributed by atoms with Gasteiger partial charge in [-0.3, -0.25) is 4.79 Å². The molecule has 0 aliphatic carbocycles. The van der Waals surface area contributed by atoms with E-state index in [9.17, 15) is 4.79 Å². The number of nitrogen functional groups attached to an aromatic ring is 1. The largest absolute Gasteiger partial charge is 0.398 e. The fourth-order valence-electron chi connectivity index (χ4n) is 3.50. The quantitative estimate of drug-likeness (QED) is 0.699. The van der Waals surface area contributed by atoms with E-state index in [1.165, 1.54) is 0 Å². The van der Waals surface area contributed by atoms with Gasteiger partial charge in [0.2, 0.25) is 0 Å². The number of hydrogen-bond donors (Lipinski definition) is 1. The topological polar surface area (TPSA) is 76.5 Å². The second-order valence-corrected chi connectivity index (χ2v) is 7.18. The first-order valence-corrected chi connectivity index (χ1v) is 9.08. The van der Waals surface area contributed by atoms with Crippen molar-refractivity contribution < 1.29 is 4.79 Å². The number of anilines is 1. The number of halogens is 1. The van der Waals surface area contributed by atoms with Gasteiger partial charge in [-0.2, -0.15) is 5.10 Å². The zero-order valence-corrected chi connectivity index (χ0v) is 15.3. The van der Waals surface area contributed by atoms with Crippen molar-refractivity contribution in [3.8, 4) is 0 Å². The number of benzene rings is 1. The van der Waals surface area contributed by atoms with E-state index in [4.69, 9.17) is 17.3 Å². The summed E-state index contributed by atoms with van der Waals surface area (Å²) in [6.45, 7) is 2.65. The van der Waals surface area contributed by atoms with Gasteiger partial charge in [0.15, 0.2) is 5.65 Å². The number of nitrogens with two attached hydrogens (primary N) is 1. The van der Waals surface area contributed by atoms with Crippen LogP contribution in [0.25, 0.3) is 5.65 Å². The van der Waals surface area contributed by atoms with Gasteiger partial charge in [0.1, 0.15) is 0 Å². The Morgan fingerprint density at radius 3 is 3.00 bits per heavy atom. The number of carbonyl (C=O) groups excluding carboxylic acids is 1. The molecule has 3 heterocycles. The Hall–Kier alpha value is -2.60. The van der Waals surface area contributed by atoms with Crippen LogP contribution in [0.3, 0.4) is 0 Å². The molecule has 1 saturated heterocycles.